The Bertz CT molecular complexity index is 268. The van der Waals surface area contributed by atoms with Crippen molar-refractivity contribution >= 4 is 5.91 Å². The molecule has 0 radical (unpaired) electrons. The fraction of sp³-hybridized carbons (Fsp3) is 0.923. The van der Waals surface area contributed by atoms with Crippen LogP contribution in [0.15, 0.2) is 0 Å². The molecule has 2 fully saturated rings. The van der Waals surface area contributed by atoms with Crippen molar-refractivity contribution < 1.29 is 4.79 Å². The average Bonchev–Trinajstić information content (AvgIpc) is 3.11. The predicted molar refractivity (Wildman–Crippen MR) is 68.6 cm³/mol. The highest BCUT2D eigenvalue weighted by Gasteiger charge is 2.33. The summed E-state index contributed by atoms with van der Waals surface area (Å²) in [5.74, 6) is 0.635. The summed E-state index contributed by atoms with van der Waals surface area (Å²) in [6.45, 7) is 8.01. The Morgan fingerprint density at radius 1 is 1.24 bits per heavy atom. The van der Waals surface area contributed by atoms with Gasteiger partial charge in [-0.15, -0.1) is 0 Å². The van der Waals surface area contributed by atoms with Crippen LogP contribution in [0.3, 0.4) is 0 Å². The van der Waals surface area contributed by atoms with Crippen LogP contribution in [-0.2, 0) is 4.79 Å². The van der Waals surface area contributed by atoms with E-state index in [1.54, 1.807) is 0 Å². The normalized spacial score (nSPS) is 24.1. The maximum atomic E-state index is 12.1. The predicted octanol–water partition coefficient (Wildman–Crippen LogP) is 0.666. The van der Waals surface area contributed by atoms with Gasteiger partial charge in [-0.05, 0) is 25.2 Å². The number of hydrogen-bond acceptors (Lipinski definition) is 3. The second kappa shape index (κ2) is 5.36. The molecule has 1 saturated heterocycles. The summed E-state index contributed by atoms with van der Waals surface area (Å²) in [7, 11) is 0. The smallest absolute Gasteiger partial charge is 0.239 e. The first kappa shape index (κ1) is 12.8. The molecule has 0 bridgehead atoms. The summed E-state index contributed by atoms with van der Waals surface area (Å²) >= 11 is 0. The van der Waals surface area contributed by atoms with E-state index in [9.17, 15) is 4.79 Å². The van der Waals surface area contributed by atoms with Gasteiger partial charge in [0, 0.05) is 32.2 Å². The van der Waals surface area contributed by atoms with Crippen LogP contribution in [-0.4, -0.2) is 54.0 Å². The van der Waals surface area contributed by atoms with Gasteiger partial charge in [-0.25, -0.2) is 0 Å². The Balaban J connectivity index is 1.76. The van der Waals surface area contributed by atoms with Gasteiger partial charge in [0.15, 0.2) is 0 Å². The van der Waals surface area contributed by atoms with Crippen molar-refractivity contribution in [2.45, 2.75) is 45.2 Å². The van der Waals surface area contributed by atoms with Crippen molar-refractivity contribution in [1.29, 1.82) is 0 Å². The lowest BCUT2D eigenvalue weighted by molar-refractivity contribution is -0.134. The second-order valence-electron chi connectivity index (χ2n) is 5.83. The molecule has 2 aliphatic rings. The quantitative estimate of drug-likeness (QED) is 0.784. The van der Waals surface area contributed by atoms with Crippen LogP contribution < -0.4 is 5.73 Å². The maximum absolute atomic E-state index is 12.1. The van der Waals surface area contributed by atoms with E-state index in [-0.39, 0.29) is 11.9 Å². The van der Waals surface area contributed by atoms with Crippen LogP contribution >= 0.6 is 0 Å². The van der Waals surface area contributed by atoms with Gasteiger partial charge >= 0.3 is 0 Å². The number of rotatable bonds is 4. The Hall–Kier alpha value is -0.610. The standard InChI is InChI=1S/C13H25N3O/c1-10(2)9-12(14)13(17)16-7-5-15(6-8-16)11-3-4-11/h10-12H,3-9,14H2,1-2H3/t12-/m1/s1. The first-order valence-electron chi connectivity index (χ1n) is 6.86. The van der Waals surface area contributed by atoms with E-state index in [1.807, 2.05) is 4.90 Å². The largest absolute Gasteiger partial charge is 0.339 e. The van der Waals surface area contributed by atoms with Gasteiger partial charge in [0.2, 0.25) is 5.91 Å². The fourth-order valence-electron chi connectivity index (χ4n) is 2.59. The highest BCUT2D eigenvalue weighted by Crippen LogP contribution is 2.27. The zero-order chi connectivity index (χ0) is 12.4. The summed E-state index contributed by atoms with van der Waals surface area (Å²) in [6, 6.07) is 0.513. The molecule has 0 aromatic carbocycles. The number of nitrogens with zero attached hydrogens (tertiary/aromatic N) is 2. The topological polar surface area (TPSA) is 49.6 Å². The number of amides is 1. The molecule has 0 aromatic heterocycles. The molecule has 1 amide bonds. The minimum Gasteiger partial charge on any atom is -0.339 e. The number of nitrogens with two attached hydrogens (primary N) is 1. The SMILES string of the molecule is CC(C)C[C@@H](N)C(=O)N1CCN(C2CC2)CC1. The minimum absolute atomic E-state index is 0.147. The molecule has 1 heterocycles. The van der Waals surface area contributed by atoms with E-state index in [2.05, 4.69) is 18.7 Å². The summed E-state index contributed by atoms with van der Waals surface area (Å²) in [4.78, 5) is 16.6. The molecule has 17 heavy (non-hydrogen) atoms. The van der Waals surface area contributed by atoms with Gasteiger partial charge in [0.1, 0.15) is 0 Å². The van der Waals surface area contributed by atoms with Gasteiger partial charge in [-0.1, -0.05) is 13.8 Å². The lowest BCUT2D eigenvalue weighted by atomic mass is 10.0. The molecule has 1 aliphatic heterocycles. The Morgan fingerprint density at radius 2 is 1.82 bits per heavy atom. The van der Waals surface area contributed by atoms with Gasteiger partial charge in [-0.2, -0.15) is 0 Å². The summed E-state index contributed by atoms with van der Waals surface area (Å²) in [5, 5.41) is 0. The number of carbonyl (C=O) groups excluding carboxylic acids is 1. The van der Waals surface area contributed by atoms with Crippen LogP contribution in [0, 0.1) is 5.92 Å². The lowest BCUT2D eigenvalue weighted by Gasteiger charge is -2.36. The van der Waals surface area contributed by atoms with Crippen molar-refractivity contribution in [3.8, 4) is 0 Å². The average molecular weight is 239 g/mol. The van der Waals surface area contributed by atoms with Crippen LogP contribution in [0.25, 0.3) is 0 Å². The molecular weight excluding hydrogens is 214 g/mol. The highest BCUT2D eigenvalue weighted by molar-refractivity contribution is 5.81. The molecule has 98 valence electrons. The number of hydrogen-bond donors (Lipinski definition) is 1. The third-order valence-corrected chi connectivity index (χ3v) is 3.73. The monoisotopic (exact) mass is 239 g/mol. The molecule has 1 aliphatic carbocycles. The molecule has 1 saturated carbocycles. The first-order chi connectivity index (χ1) is 8.08. The highest BCUT2D eigenvalue weighted by atomic mass is 16.2. The van der Waals surface area contributed by atoms with E-state index < -0.39 is 0 Å². The van der Waals surface area contributed by atoms with Crippen molar-refractivity contribution in [2.75, 3.05) is 26.2 Å². The molecule has 0 spiro atoms. The zero-order valence-corrected chi connectivity index (χ0v) is 11.1. The minimum atomic E-state index is -0.303. The third kappa shape index (κ3) is 3.42. The number of carbonyl (C=O) groups is 1. The molecule has 0 aromatic rings. The third-order valence-electron chi connectivity index (χ3n) is 3.73. The molecule has 1 atom stereocenters. The number of piperazine rings is 1. The van der Waals surface area contributed by atoms with Crippen molar-refractivity contribution in [3.63, 3.8) is 0 Å². The lowest BCUT2D eigenvalue weighted by Crippen LogP contribution is -2.53. The zero-order valence-electron chi connectivity index (χ0n) is 11.1. The van der Waals surface area contributed by atoms with Crippen LogP contribution in [0.2, 0.25) is 0 Å². The van der Waals surface area contributed by atoms with Crippen molar-refractivity contribution in [2.24, 2.45) is 11.7 Å². The Kier molecular flexibility index (Phi) is 4.05. The van der Waals surface area contributed by atoms with E-state index >= 15 is 0 Å². The van der Waals surface area contributed by atoms with E-state index in [0.29, 0.717) is 5.92 Å². The van der Waals surface area contributed by atoms with E-state index in [4.69, 9.17) is 5.73 Å². The molecule has 0 unspecified atom stereocenters. The summed E-state index contributed by atoms with van der Waals surface area (Å²) in [5.41, 5.74) is 5.95. The molecular formula is C13H25N3O. The van der Waals surface area contributed by atoms with Gasteiger partial charge in [-0.3, -0.25) is 9.69 Å². The molecule has 2 N–H and O–H groups in total. The van der Waals surface area contributed by atoms with E-state index in [1.165, 1.54) is 12.8 Å². The second-order valence-corrected chi connectivity index (χ2v) is 5.83. The van der Waals surface area contributed by atoms with E-state index in [0.717, 1.165) is 38.6 Å². The first-order valence-corrected chi connectivity index (χ1v) is 6.86. The molecule has 4 heteroatoms. The van der Waals surface area contributed by atoms with Gasteiger partial charge in [0.25, 0.3) is 0 Å². The molecule has 2 rings (SSSR count). The summed E-state index contributed by atoms with van der Waals surface area (Å²) < 4.78 is 0. The maximum Gasteiger partial charge on any atom is 0.239 e. The Labute approximate surface area is 104 Å². The van der Waals surface area contributed by atoms with Crippen LogP contribution in [0.1, 0.15) is 33.1 Å². The summed E-state index contributed by atoms with van der Waals surface area (Å²) in [6.07, 6.45) is 3.49. The fourth-order valence-corrected chi connectivity index (χ4v) is 2.59. The van der Waals surface area contributed by atoms with Crippen molar-refractivity contribution in [3.05, 3.63) is 0 Å². The van der Waals surface area contributed by atoms with Gasteiger partial charge < -0.3 is 10.6 Å². The van der Waals surface area contributed by atoms with Crippen LogP contribution in [0.5, 0.6) is 0 Å². The molecule has 4 nitrogen and oxygen atoms in total. The van der Waals surface area contributed by atoms with Crippen LogP contribution in [0.4, 0.5) is 0 Å². The van der Waals surface area contributed by atoms with Gasteiger partial charge in [0.05, 0.1) is 6.04 Å². The Morgan fingerprint density at radius 3 is 2.29 bits per heavy atom. The van der Waals surface area contributed by atoms with Crippen molar-refractivity contribution in [1.82, 2.24) is 9.80 Å².